The van der Waals surface area contributed by atoms with Crippen LogP contribution in [0.5, 0.6) is 0 Å². The molecule has 2 N–H and O–H groups in total. The minimum absolute atomic E-state index is 0. The molecule has 1 unspecified atom stereocenters. The molecule has 0 radical (unpaired) electrons. The fraction of sp³-hybridized carbons (Fsp3) is 0.115. The predicted molar refractivity (Wildman–Crippen MR) is 134 cm³/mol. The van der Waals surface area contributed by atoms with Gasteiger partial charge in [0.1, 0.15) is 11.9 Å². The zero-order valence-electron chi connectivity index (χ0n) is 18.6. The van der Waals surface area contributed by atoms with Gasteiger partial charge in [0, 0.05) is 11.3 Å². The number of aromatic nitrogens is 3. The van der Waals surface area contributed by atoms with Gasteiger partial charge in [0.2, 0.25) is 5.95 Å². The standard InChI is InChI=1S/C26H22FN5O.ClH/c1-16-3-7-18(8-4-16)22-15-23(19-9-5-17(2)6-10-19)32-26(28-22)30-25(31-32)29-24(33)20-11-13-21(27)14-12-20;/h3-15,23H,1-2H3,(H2,28,29,30,31,33);1H. The van der Waals surface area contributed by atoms with E-state index in [2.05, 4.69) is 75.3 Å². The van der Waals surface area contributed by atoms with Crippen molar-refractivity contribution in [3.05, 3.63) is 113 Å². The maximum atomic E-state index is 13.2. The van der Waals surface area contributed by atoms with E-state index >= 15 is 0 Å². The molecule has 0 saturated heterocycles. The third-order valence-electron chi connectivity index (χ3n) is 5.58. The fourth-order valence-corrected chi connectivity index (χ4v) is 3.72. The molecule has 0 fully saturated rings. The van der Waals surface area contributed by atoms with Gasteiger partial charge in [0.15, 0.2) is 0 Å². The normalized spacial score (nSPS) is 14.3. The molecule has 34 heavy (non-hydrogen) atoms. The highest BCUT2D eigenvalue weighted by atomic mass is 35.5. The molecule has 8 heteroatoms. The number of hydrogen-bond donors (Lipinski definition) is 2. The molecule has 0 bridgehead atoms. The Labute approximate surface area is 203 Å². The molecule has 2 heterocycles. The molecule has 0 saturated carbocycles. The number of benzene rings is 3. The van der Waals surface area contributed by atoms with Crippen LogP contribution in [0, 0.1) is 19.7 Å². The highest BCUT2D eigenvalue weighted by Gasteiger charge is 2.26. The van der Waals surface area contributed by atoms with Crippen LogP contribution in [0.1, 0.15) is 38.7 Å². The third-order valence-corrected chi connectivity index (χ3v) is 5.58. The number of allylic oxidation sites excluding steroid dienone is 1. The van der Waals surface area contributed by atoms with E-state index in [-0.39, 0.29) is 24.4 Å². The Bertz CT molecular complexity index is 1350. The van der Waals surface area contributed by atoms with Gasteiger partial charge in [-0.2, -0.15) is 4.98 Å². The molecule has 1 aliphatic heterocycles. The zero-order chi connectivity index (χ0) is 22.9. The lowest BCUT2D eigenvalue weighted by molar-refractivity contribution is 0.102. The van der Waals surface area contributed by atoms with E-state index in [1.54, 1.807) is 4.68 Å². The lowest BCUT2D eigenvalue weighted by Crippen LogP contribution is -2.20. The van der Waals surface area contributed by atoms with Crippen LogP contribution in [0.2, 0.25) is 0 Å². The predicted octanol–water partition coefficient (Wildman–Crippen LogP) is 5.76. The van der Waals surface area contributed by atoms with Crippen molar-refractivity contribution >= 4 is 35.9 Å². The van der Waals surface area contributed by atoms with Gasteiger partial charge < -0.3 is 5.32 Å². The molecule has 5 rings (SSSR count). The van der Waals surface area contributed by atoms with Gasteiger partial charge in [-0.05, 0) is 55.3 Å². The smallest absolute Gasteiger partial charge is 0.258 e. The molecular formula is C26H23ClFN5O. The number of amides is 1. The summed E-state index contributed by atoms with van der Waals surface area (Å²) in [6, 6.07) is 21.6. The Kier molecular flexibility index (Phi) is 6.47. The number of hydrogen-bond acceptors (Lipinski definition) is 4. The van der Waals surface area contributed by atoms with Gasteiger partial charge in [0.25, 0.3) is 11.9 Å². The third kappa shape index (κ3) is 4.70. The van der Waals surface area contributed by atoms with E-state index in [1.807, 2.05) is 13.8 Å². The van der Waals surface area contributed by atoms with E-state index in [9.17, 15) is 9.18 Å². The Morgan fingerprint density at radius 3 is 2.21 bits per heavy atom. The van der Waals surface area contributed by atoms with Crippen molar-refractivity contribution in [3.8, 4) is 0 Å². The van der Waals surface area contributed by atoms with Gasteiger partial charge in [-0.15, -0.1) is 17.5 Å². The SMILES string of the molecule is Cc1ccc(C2=CC(c3ccc(C)cc3)n3nc(NC(=O)c4ccc(F)cc4)nc3N2)cc1.Cl. The molecule has 4 aromatic rings. The average molecular weight is 476 g/mol. The summed E-state index contributed by atoms with van der Waals surface area (Å²) in [6.07, 6.45) is 2.10. The second kappa shape index (κ2) is 9.49. The van der Waals surface area contributed by atoms with E-state index in [1.165, 1.54) is 35.4 Å². The summed E-state index contributed by atoms with van der Waals surface area (Å²) < 4.78 is 14.9. The average Bonchev–Trinajstić information content (AvgIpc) is 3.22. The second-order valence-corrected chi connectivity index (χ2v) is 8.09. The van der Waals surface area contributed by atoms with Crippen molar-refractivity contribution in [2.45, 2.75) is 19.9 Å². The van der Waals surface area contributed by atoms with Gasteiger partial charge in [0.05, 0.1) is 0 Å². The number of halogens is 2. The van der Waals surface area contributed by atoms with Gasteiger partial charge >= 0.3 is 0 Å². The van der Waals surface area contributed by atoms with Crippen LogP contribution >= 0.6 is 12.4 Å². The fourth-order valence-electron chi connectivity index (χ4n) is 3.72. The Morgan fingerprint density at radius 1 is 0.941 bits per heavy atom. The minimum atomic E-state index is -0.406. The highest BCUT2D eigenvalue weighted by molar-refractivity contribution is 6.03. The van der Waals surface area contributed by atoms with E-state index in [0.29, 0.717) is 11.5 Å². The number of carbonyl (C=O) groups excluding carboxylic acids is 1. The Morgan fingerprint density at radius 2 is 1.56 bits per heavy atom. The van der Waals surface area contributed by atoms with Crippen molar-refractivity contribution in [1.29, 1.82) is 0 Å². The quantitative estimate of drug-likeness (QED) is 0.393. The summed E-state index contributed by atoms with van der Waals surface area (Å²) in [6.45, 7) is 4.10. The molecule has 1 aliphatic rings. The first-order valence-electron chi connectivity index (χ1n) is 10.6. The van der Waals surface area contributed by atoms with Crippen LogP contribution in [0.3, 0.4) is 0 Å². The lowest BCUT2D eigenvalue weighted by Gasteiger charge is -2.24. The van der Waals surface area contributed by atoms with Crippen LogP contribution in [0.25, 0.3) is 5.70 Å². The monoisotopic (exact) mass is 475 g/mol. The van der Waals surface area contributed by atoms with Crippen LogP contribution in [-0.4, -0.2) is 20.7 Å². The molecule has 1 amide bonds. The summed E-state index contributed by atoms with van der Waals surface area (Å²) in [5.74, 6) is -0.117. The first-order chi connectivity index (χ1) is 16.0. The number of carbonyl (C=O) groups is 1. The first kappa shape index (κ1) is 23.2. The summed E-state index contributed by atoms with van der Waals surface area (Å²) >= 11 is 0. The molecule has 6 nitrogen and oxygen atoms in total. The molecule has 172 valence electrons. The molecule has 0 aliphatic carbocycles. The van der Waals surface area contributed by atoms with Crippen molar-refractivity contribution in [3.63, 3.8) is 0 Å². The summed E-state index contributed by atoms with van der Waals surface area (Å²) in [4.78, 5) is 17.1. The maximum absolute atomic E-state index is 13.2. The lowest BCUT2D eigenvalue weighted by atomic mass is 10.0. The first-order valence-corrected chi connectivity index (χ1v) is 10.6. The van der Waals surface area contributed by atoms with E-state index in [4.69, 9.17) is 0 Å². The number of rotatable bonds is 4. The molecule has 1 aromatic heterocycles. The Hall–Kier alpha value is -3.97. The van der Waals surface area contributed by atoms with Crippen molar-refractivity contribution < 1.29 is 9.18 Å². The minimum Gasteiger partial charge on any atom is -0.324 e. The topological polar surface area (TPSA) is 71.8 Å². The van der Waals surface area contributed by atoms with Crippen LogP contribution in [0.15, 0.2) is 78.9 Å². The summed E-state index contributed by atoms with van der Waals surface area (Å²) in [5.41, 5.74) is 5.67. The van der Waals surface area contributed by atoms with Gasteiger partial charge in [-0.1, -0.05) is 59.7 Å². The van der Waals surface area contributed by atoms with E-state index in [0.717, 1.165) is 16.8 Å². The maximum Gasteiger partial charge on any atom is 0.258 e. The molecule has 1 atom stereocenters. The van der Waals surface area contributed by atoms with Crippen LogP contribution in [-0.2, 0) is 0 Å². The summed E-state index contributed by atoms with van der Waals surface area (Å²) in [5, 5.41) is 10.6. The molecule has 0 spiro atoms. The second-order valence-electron chi connectivity index (χ2n) is 8.09. The van der Waals surface area contributed by atoms with Crippen LogP contribution in [0.4, 0.5) is 16.3 Å². The summed E-state index contributed by atoms with van der Waals surface area (Å²) in [7, 11) is 0. The zero-order valence-corrected chi connectivity index (χ0v) is 19.4. The number of fused-ring (bicyclic) bond motifs is 1. The van der Waals surface area contributed by atoms with Crippen molar-refractivity contribution in [1.82, 2.24) is 14.8 Å². The van der Waals surface area contributed by atoms with Crippen LogP contribution < -0.4 is 10.6 Å². The molecule has 3 aromatic carbocycles. The van der Waals surface area contributed by atoms with Gasteiger partial charge in [-0.3, -0.25) is 10.1 Å². The molecular weight excluding hydrogens is 453 g/mol. The highest BCUT2D eigenvalue weighted by Crippen LogP contribution is 2.33. The Balaban J connectivity index is 0.00000274. The number of nitrogens with zero attached hydrogens (tertiary/aromatic N) is 3. The van der Waals surface area contributed by atoms with Gasteiger partial charge in [-0.25, -0.2) is 9.07 Å². The largest absolute Gasteiger partial charge is 0.324 e. The van der Waals surface area contributed by atoms with Crippen molar-refractivity contribution in [2.24, 2.45) is 0 Å². The number of aryl methyl sites for hydroxylation is 2. The van der Waals surface area contributed by atoms with E-state index < -0.39 is 11.7 Å². The van der Waals surface area contributed by atoms with Crippen molar-refractivity contribution in [2.75, 3.05) is 10.6 Å². The number of nitrogens with one attached hydrogen (secondary N) is 2. The number of anilines is 2.